The lowest BCUT2D eigenvalue weighted by molar-refractivity contribution is 0.0769. The van der Waals surface area contributed by atoms with Crippen LogP contribution in [0, 0.1) is 11.3 Å². The van der Waals surface area contributed by atoms with Crippen molar-refractivity contribution >= 4 is 5.82 Å². The number of ether oxygens (including phenoxy) is 1. The van der Waals surface area contributed by atoms with E-state index >= 15 is 0 Å². The predicted molar refractivity (Wildman–Crippen MR) is 131 cm³/mol. The number of nitrogens with zero attached hydrogens (tertiary/aromatic N) is 5. The van der Waals surface area contributed by atoms with Gasteiger partial charge in [-0.15, -0.1) is 0 Å². The Balaban J connectivity index is 1.42. The molecule has 1 aliphatic heterocycles. The van der Waals surface area contributed by atoms with Crippen molar-refractivity contribution in [2.75, 3.05) is 25.5 Å². The van der Waals surface area contributed by atoms with Gasteiger partial charge in [0.1, 0.15) is 5.69 Å². The van der Waals surface area contributed by atoms with Crippen LogP contribution in [-0.2, 0) is 10.2 Å². The lowest BCUT2D eigenvalue weighted by Gasteiger charge is -2.24. The van der Waals surface area contributed by atoms with Gasteiger partial charge in [-0.2, -0.15) is 5.26 Å². The second-order valence-corrected chi connectivity index (χ2v) is 8.94. The highest BCUT2D eigenvalue weighted by atomic mass is 16.5. The van der Waals surface area contributed by atoms with Crippen molar-refractivity contribution in [2.24, 2.45) is 0 Å². The molecular weight excluding hydrogens is 442 g/mol. The minimum Gasteiger partial charge on any atom is -0.382 e. The van der Waals surface area contributed by atoms with Crippen molar-refractivity contribution in [2.45, 2.75) is 25.3 Å². The molecular formula is C26H25N7O2. The maximum Gasteiger partial charge on any atom is 0.189 e. The van der Waals surface area contributed by atoms with Crippen molar-refractivity contribution < 1.29 is 9.26 Å². The first-order valence-electron chi connectivity index (χ1n) is 11.3. The molecule has 1 aliphatic rings. The zero-order chi connectivity index (χ0) is 24.4. The summed E-state index contributed by atoms with van der Waals surface area (Å²) >= 11 is 0. The number of hydrogen-bond donors (Lipinski definition) is 2. The Labute approximate surface area is 203 Å². The monoisotopic (exact) mass is 467 g/mol. The van der Waals surface area contributed by atoms with Gasteiger partial charge in [0.25, 0.3) is 0 Å². The summed E-state index contributed by atoms with van der Waals surface area (Å²) in [4.78, 5) is 13.3. The van der Waals surface area contributed by atoms with E-state index in [9.17, 15) is 5.26 Å². The van der Waals surface area contributed by atoms with E-state index in [2.05, 4.69) is 43.6 Å². The van der Waals surface area contributed by atoms with Crippen molar-refractivity contribution in [1.82, 2.24) is 25.4 Å². The Kier molecular flexibility index (Phi) is 5.99. The van der Waals surface area contributed by atoms with E-state index in [1.165, 1.54) is 0 Å². The Hall–Kier alpha value is -4.13. The van der Waals surface area contributed by atoms with Gasteiger partial charge in [0.15, 0.2) is 17.3 Å². The first-order valence-corrected chi connectivity index (χ1v) is 11.3. The molecule has 4 aromatic rings. The normalized spacial score (nSPS) is 16.1. The number of nitrogen functional groups attached to an aromatic ring is 1. The number of morpholine rings is 1. The van der Waals surface area contributed by atoms with E-state index in [-0.39, 0.29) is 11.9 Å². The molecule has 3 N–H and O–H groups in total. The second kappa shape index (κ2) is 9.25. The number of rotatable bonds is 5. The molecule has 35 heavy (non-hydrogen) atoms. The van der Waals surface area contributed by atoms with E-state index in [1.807, 2.05) is 38.1 Å². The average Bonchev–Trinajstić information content (AvgIpc) is 3.40. The van der Waals surface area contributed by atoms with Gasteiger partial charge in [0.05, 0.1) is 48.3 Å². The lowest BCUT2D eigenvalue weighted by atomic mass is 9.90. The SMILES string of the molecule is CC(C)(C#N)c1cc(-c2cnc(N)c(-c3cc(-c4ccc([C@H]5COCCN5)cc4)no3)n2)ccn1. The average molecular weight is 468 g/mol. The van der Waals surface area contributed by atoms with Crippen LogP contribution in [-0.4, -0.2) is 39.9 Å². The standard InChI is InChI=1S/C26H25N7O2/c1-26(2,15-27)23-11-18(7-8-30-23)20-13-31-25(28)24(32-20)22-12-19(33-35-22)16-3-5-17(6-4-16)21-14-34-10-9-29-21/h3-8,11-13,21,29H,9-10,14H2,1-2H3,(H2,28,31)/t21-/m1/s1. The highest BCUT2D eigenvalue weighted by Crippen LogP contribution is 2.31. The molecule has 176 valence electrons. The van der Waals surface area contributed by atoms with Crippen LogP contribution in [0.1, 0.15) is 31.1 Å². The van der Waals surface area contributed by atoms with E-state index < -0.39 is 5.41 Å². The molecule has 5 rings (SSSR count). The highest BCUT2D eigenvalue weighted by Gasteiger charge is 2.23. The molecule has 3 aromatic heterocycles. The van der Waals surface area contributed by atoms with Crippen LogP contribution in [0.4, 0.5) is 5.82 Å². The van der Waals surface area contributed by atoms with Gasteiger partial charge in [-0.05, 0) is 31.5 Å². The Morgan fingerprint density at radius 3 is 2.66 bits per heavy atom. The Bertz CT molecular complexity index is 1380. The van der Waals surface area contributed by atoms with Crippen molar-refractivity contribution in [3.8, 4) is 40.0 Å². The number of benzene rings is 1. The zero-order valence-electron chi connectivity index (χ0n) is 19.5. The third-order valence-corrected chi connectivity index (χ3v) is 6.05. The van der Waals surface area contributed by atoms with Crippen LogP contribution >= 0.6 is 0 Å². The molecule has 1 fully saturated rings. The maximum absolute atomic E-state index is 9.45. The lowest BCUT2D eigenvalue weighted by Crippen LogP contribution is -2.34. The number of pyridine rings is 1. The largest absolute Gasteiger partial charge is 0.382 e. The van der Waals surface area contributed by atoms with Crippen LogP contribution in [0.25, 0.3) is 34.0 Å². The topological polar surface area (TPSA) is 136 Å². The molecule has 0 spiro atoms. The smallest absolute Gasteiger partial charge is 0.189 e. The Morgan fingerprint density at radius 1 is 1.09 bits per heavy atom. The summed E-state index contributed by atoms with van der Waals surface area (Å²) < 4.78 is 11.2. The molecule has 4 heterocycles. The van der Waals surface area contributed by atoms with E-state index in [1.54, 1.807) is 18.5 Å². The Morgan fingerprint density at radius 2 is 1.91 bits per heavy atom. The molecule has 9 heteroatoms. The molecule has 1 saturated heterocycles. The fourth-order valence-corrected chi connectivity index (χ4v) is 3.90. The van der Waals surface area contributed by atoms with Crippen molar-refractivity contribution in [3.63, 3.8) is 0 Å². The highest BCUT2D eigenvalue weighted by molar-refractivity contribution is 5.73. The molecule has 9 nitrogen and oxygen atoms in total. The van der Waals surface area contributed by atoms with Gasteiger partial charge in [-0.3, -0.25) is 4.98 Å². The second-order valence-electron chi connectivity index (χ2n) is 8.94. The molecule has 0 amide bonds. The van der Waals surface area contributed by atoms with Crippen LogP contribution in [0.3, 0.4) is 0 Å². The number of nitrogens with two attached hydrogens (primary N) is 1. The molecule has 0 unspecified atom stereocenters. The molecule has 0 aliphatic carbocycles. The van der Waals surface area contributed by atoms with E-state index in [4.69, 9.17) is 15.0 Å². The summed E-state index contributed by atoms with van der Waals surface area (Å²) in [6, 6.07) is 16.1. The van der Waals surface area contributed by atoms with Gasteiger partial charge in [0.2, 0.25) is 0 Å². The third kappa shape index (κ3) is 4.62. The quantitative estimate of drug-likeness (QED) is 0.448. The van der Waals surface area contributed by atoms with Crippen LogP contribution in [0.2, 0.25) is 0 Å². The van der Waals surface area contributed by atoms with Gasteiger partial charge in [-0.25, -0.2) is 9.97 Å². The maximum atomic E-state index is 9.45. The van der Waals surface area contributed by atoms with Gasteiger partial charge < -0.3 is 20.3 Å². The minimum absolute atomic E-state index is 0.191. The van der Waals surface area contributed by atoms with Gasteiger partial charge >= 0.3 is 0 Å². The fourth-order valence-electron chi connectivity index (χ4n) is 3.90. The molecule has 0 saturated carbocycles. The first kappa shape index (κ1) is 22.7. The molecule has 1 atom stereocenters. The number of aromatic nitrogens is 4. The minimum atomic E-state index is -0.727. The van der Waals surface area contributed by atoms with Gasteiger partial charge in [-0.1, -0.05) is 29.4 Å². The number of anilines is 1. The van der Waals surface area contributed by atoms with Crippen LogP contribution < -0.4 is 11.1 Å². The third-order valence-electron chi connectivity index (χ3n) is 6.05. The van der Waals surface area contributed by atoms with Crippen LogP contribution in [0.5, 0.6) is 0 Å². The molecule has 1 aromatic carbocycles. The van der Waals surface area contributed by atoms with Crippen LogP contribution in [0.15, 0.2) is 59.4 Å². The number of nitrogens with one attached hydrogen (secondary N) is 1. The first-order chi connectivity index (χ1) is 16.9. The summed E-state index contributed by atoms with van der Waals surface area (Å²) in [5, 5.41) is 17.1. The van der Waals surface area contributed by atoms with E-state index in [0.29, 0.717) is 35.1 Å². The fraction of sp³-hybridized carbons (Fsp3) is 0.269. The molecule has 0 bridgehead atoms. The summed E-state index contributed by atoms with van der Waals surface area (Å²) in [5.41, 5.74) is 10.6. The number of nitriles is 1. The summed E-state index contributed by atoms with van der Waals surface area (Å²) in [5.74, 6) is 0.659. The predicted octanol–water partition coefficient (Wildman–Crippen LogP) is 3.90. The van der Waals surface area contributed by atoms with Gasteiger partial charge in [0, 0.05) is 29.9 Å². The van der Waals surface area contributed by atoms with Crippen molar-refractivity contribution in [1.29, 1.82) is 5.26 Å². The van der Waals surface area contributed by atoms with E-state index in [0.717, 1.165) is 29.8 Å². The summed E-state index contributed by atoms with van der Waals surface area (Å²) in [6.07, 6.45) is 3.25. The summed E-state index contributed by atoms with van der Waals surface area (Å²) in [6.45, 7) is 5.89. The van der Waals surface area contributed by atoms with Crippen molar-refractivity contribution in [3.05, 3.63) is 66.1 Å². The zero-order valence-corrected chi connectivity index (χ0v) is 19.5. The molecule has 0 radical (unpaired) electrons. The number of hydrogen-bond acceptors (Lipinski definition) is 9. The summed E-state index contributed by atoms with van der Waals surface area (Å²) in [7, 11) is 0.